The molecule has 0 N–H and O–H groups in total. The Morgan fingerprint density at radius 2 is 1.80 bits per heavy atom. The summed E-state index contributed by atoms with van der Waals surface area (Å²) in [5, 5.41) is 8.61. The van der Waals surface area contributed by atoms with E-state index in [1.165, 1.54) is 12.1 Å². The second-order valence-electron chi connectivity index (χ2n) is 6.00. The topological polar surface area (TPSA) is 34.0 Å². The van der Waals surface area contributed by atoms with E-state index in [1.807, 2.05) is 23.9 Å². The summed E-state index contributed by atoms with van der Waals surface area (Å²) in [4.78, 5) is 2.34. The van der Waals surface area contributed by atoms with Crippen LogP contribution in [-0.2, 0) is 7.05 Å². The molecule has 0 fully saturated rings. The minimum Gasteiger partial charge on any atom is -0.367 e. The van der Waals surface area contributed by atoms with Crippen LogP contribution in [0.25, 0.3) is 16.8 Å². The van der Waals surface area contributed by atoms with E-state index < -0.39 is 0 Å². The van der Waals surface area contributed by atoms with Crippen molar-refractivity contribution in [3.63, 3.8) is 0 Å². The molecule has 0 radical (unpaired) electrons. The third-order valence-corrected chi connectivity index (χ3v) is 4.12. The van der Waals surface area contributed by atoms with Crippen molar-refractivity contribution >= 4 is 11.3 Å². The lowest BCUT2D eigenvalue weighted by Crippen LogP contribution is -2.27. The highest BCUT2D eigenvalue weighted by Gasteiger charge is 2.24. The Bertz CT molecular complexity index is 783. The first kappa shape index (κ1) is 18.7. The minimum atomic E-state index is 0.786. The molecule has 1 aliphatic rings. The van der Waals surface area contributed by atoms with Crippen LogP contribution >= 0.6 is 0 Å². The number of anilines is 1. The highest BCUT2D eigenvalue weighted by molar-refractivity contribution is 5.90. The number of hydrogen-bond donors (Lipinski definition) is 0. The summed E-state index contributed by atoms with van der Waals surface area (Å²) in [6.07, 6.45) is 5.00. The van der Waals surface area contributed by atoms with Crippen LogP contribution < -0.4 is 4.90 Å². The van der Waals surface area contributed by atoms with E-state index in [0.717, 1.165) is 41.2 Å². The summed E-state index contributed by atoms with van der Waals surface area (Å²) in [5.41, 5.74) is 6.35. The van der Waals surface area contributed by atoms with Crippen molar-refractivity contribution < 1.29 is 0 Å². The molecule has 0 amide bonds. The van der Waals surface area contributed by atoms with E-state index in [-0.39, 0.29) is 0 Å². The quantitative estimate of drug-likeness (QED) is 0.802. The van der Waals surface area contributed by atoms with Crippen LogP contribution in [0.5, 0.6) is 0 Å². The van der Waals surface area contributed by atoms with Gasteiger partial charge in [0.15, 0.2) is 0 Å². The van der Waals surface area contributed by atoms with E-state index in [4.69, 9.17) is 0 Å². The Morgan fingerprint density at radius 3 is 2.40 bits per heavy atom. The van der Waals surface area contributed by atoms with Crippen molar-refractivity contribution in [1.82, 2.24) is 15.0 Å². The average Bonchev–Trinajstić information content (AvgIpc) is 2.98. The van der Waals surface area contributed by atoms with Gasteiger partial charge in [0.05, 0.1) is 5.69 Å². The van der Waals surface area contributed by atoms with Crippen LogP contribution in [0, 0.1) is 0 Å². The van der Waals surface area contributed by atoms with Crippen molar-refractivity contribution in [3.8, 4) is 11.3 Å². The third kappa shape index (κ3) is 3.58. The molecule has 0 spiro atoms. The molecule has 0 atom stereocenters. The van der Waals surface area contributed by atoms with Crippen molar-refractivity contribution in [2.75, 3.05) is 18.0 Å². The maximum absolute atomic E-state index is 4.38. The molecular weight excluding hydrogens is 308 g/mol. The summed E-state index contributed by atoms with van der Waals surface area (Å²) in [6, 6.07) is 8.39. The third-order valence-electron chi connectivity index (χ3n) is 4.12. The zero-order chi connectivity index (χ0) is 18.4. The second kappa shape index (κ2) is 8.47. The fourth-order valence-corrected chi connectivity index (χ4v) is 3.00. The van der Waals surface area contributed by atoms with Gasteiger partial charge < -0.3 is 4.90 Å². The molecule has 1 aliphatic heterocycles. The smallest absolute Gasteiger partial charge is 0.121 e. The minimum absolute atomic E-state index is 0.786. The molecular formula is C21H28N4. The lowest BCUT2D eigenvalue weighted by atomic mass is 9.95. The predicted octanol–water partition coefficient (Wildman–Crippen LogP) is 4.86. The van der Waals surface area contributed by atoms with Crippen LogP contribution in [0.3, 0.4) is 0 Å². The molecule has 0 unspecified atom stereocenters. The lowest BCUT2D eigenvalue weighted by Gasteiger charge is -2.29. The highest BCUT2D eigenvalue weighted by Crippen LogP contribution is 2.38. The van der Waals surface area contributed by atoms with Crippen LogP contribution in [0.1, 0.15) is 32.9 Å². The van der Waals surface area contributed by atoms with E-state index in [9.17, 15) is 0 Å². The normalized spacial score (nSPS) is 15.9. The monoisotopic (exact) mass is 336 g/mol. The second-order valence-corrected chi connectivity index (χ2v) is 6.00. The number of aromatic nitrogens is 3. The average molecular weight is 336 g/mol. The lowest BCUT2D eigenvalue weighted by molar-refractivity contribution is 0.720. The number of benzene rings is 1. The molecule has 2 heterocycles. The van der Waals surface area contributed by atoms with Gasteiger partial charge >= 0.3 is 0 Å². The zero-order valence-corrected chi connectivity index (χ0v) is 15.8. The number of para-hydroxylation sites is 1. The molecule has 0 saturated carbocycles. The maximum atomic E-state index is 4.38. The zero-order valence-electron chi connectivity index (χ0n) is 15.8. The van der Waals surface area contributed by atoms with Gasteiger partial charge in [-0.2, -0.15) is 0 Å². The first-order valence-electron chi connectivity index (χ1n) is 8.85. The van der Waals surface area contributed by atoms with E-state index >= 15 is 0 Å². The number of aryl methyl sites for hydroxylation is 1. The van der Waals surface area contributed by atoms with Crippen LogP contribution in [-0.4, -0.2) is 28.1 Å². The van der Waals surface area contributed by atoms with Gasteiger partial charge in [0.25, 0.3) is 0 Å². The maximum Gasteiger partial charge on any atom is 0.121 e. The molecule has 0 bridgehead atoms. The van der Waals surface area contributed by atoms with Crippen LogP contribution in [0.4, 0.5) is 5.69 Å². The first-order chi connectivity index (χ1) is 12.1. The SMILES string of the molecule is C=C/C1=C(\C=C)c2nnn(C)c2-c2ccccc2N(CC)C1.CCC. The van der Waals surface area contributed by atoms with E-state index in [1.54, 1.807) is 0 Å². The predicted molar refractivity (Wildman–Crippen MR) is 108 cm³/mol. The molecule has 1 aromatic heterocycles. The summed E-state index contributed by atoms with van der Waals surface area (Å²) in [6.45, 7) is 16.1. The molecule has 3 rings (SSSR count). The fraction of sp³-hybridized carbons (Fsp3) is 0.333. The number of hydrogen-bond acceptors (Lipinski definition) is 3. The largest absolute Gasteiger partial charge is 0.367 e. The molecule has 132 valence electrons. The highest BCUT2D eigenvalue weighted by atomic mass is 15.4. The summed E-state index contributed by atoms with van der Waals surface area (Å²) in [7, 11) is 1.93. The van der Waals surface area contributed by atoms with Crippen molar-refractivity contribution in [2.45, 2.75) is 27.2 Å². The number of nitrogens with zero attached hydrogens (tertiary/aromatic N) is 4. The van der Waals surface area contributed by atoms with Gasteiger partial charge in [-0.1, -0.05) is 69.0 Å². The van der Waals surface area contributed by atoms with Gasteiger partial charge in [0, 0.05) is 37.0 Å². The molecule has 4 heteroatoms. The van der Waals surface area contributed by atoms with Gasteiger partial charge in [-0.15, -0.1) is 5.10 Å². The Balaban J connectivity index is 0.000000701. The standard InChI is InChI=1S/C18H20N4.C3H8/c1-5-13-12-22(7-3)16-11-9-8-10-15(16)18-17(14(13)6-2)19-20-21(18)4;1-3-2/h5-6,8-11H,1-2,7,12H2,3-4H3;3H2,1-2H3/b14-13-;. The fourth-order valence-electron chi connectivity index (χ4n) is 3.00. The summed E-state index contributed by atoms with van der Waals surface area (Å²) >= 11 is 0. The molecule has 0 saturated heterocycles. The molecule has 25 heavy (non-hydrogen) atoms. The van der Waals surface area contributed by atoms with E-state index in [0.29, 0.717) is 0 Å². The molecule has 2 aromatic rings. The summed E-state index contributed by atoms with van der Waals surface area (Å²) < 4.78 is 1.83. The number of allylic oxidation sites excluding steroid dienone is 2. The number of likely N-dealkylation sites (N-methyl/N-ethyl adjacent to an activating group) is 1. The molecule has 4 nitrogen and oxygen atoms in total. The Morgan fingerprint density at radius 1 is 1.12 bits per heavy atom. The van der Waals surface area contributed by atoms with Crippen molar-refractivity contribution in [3.05, 3.63) is 60.8 Å². The first-order valence-corrected chi connectivity index (χ1v) is 8.85. The van der Waals surface area contributed by atoms with Crippen LogP contribution in [0.15, 0.2) is 55.1 Å². The van der Waals surface area contributed by atoms with Gasteiger partial charge in [-0.25, -0.2) is 4.68 Å². The number of rotatable bonds is 3. The van der Waals surface area contributed by atoms with Crippen LogP contribution in [0.2, 0.25) is 0 Å². The van der Waals surface area contributed by atoms with E-state index in [2.05, 4.69) is 73.4 Å². The Labute approximate surface area is 151 Å². The van der Waals surface area contributed by atoms with Gasteiger partial charge in [-0.05, 0) is 18.6 Å². The van der Waals surface area contributed by atoms with Gasteiger partial charge in [0.1, 0.15) is 5.69 Å². The summed E-state index contributed by atoms with van der Waals surface area (Å²) in [5.74, 6) is 0. The Kier molecular flexibility index (Phi) is 6.34. The van der Waals surface area contributed by atoms with Crippen molar-refractivity contribution in [2.24, 2.45) is 7.05 Å². The van der Waals surface area contributed by atoms with Gasteiger partial charge in [0.2, 0.25) is 0 Å². The van der Waals surface area contributed by atoms with Crippen molar-refractivity contribution in [1.29, 1.82) is 0 Å². The molecule has 1 aromatic carbocycles. The van der Waals surface area contributed by atoms with Gasteiger partial charge in [-0.3, -0.25) is 0 Å². The Hall–Kier alpha value is -2.62. The number of fused-ring (bicyclic) bond motifs is 3. The molecule has 0 aliphatic carbocycles.